The summed E-state index contributed by atoms with van der Waals surface area (Å²) in [5.41, 5.74) is 4.55. The van der Waals surface area contributed by atoms with Crippen molar-refractivity contribution in [3.8, 4) is 28.4 Å². The molecule has 2 amide bonds. The van der Waals surface area contributed by atoms with E-state index in [0.29, 0.717) is 66.7 Å². The van der Waals surface area contributed by atoms with Gasteiger partial charge in [-0.25, -0.2) is 4.39 Å². The predicted octanol–water partition coefficient (Wildman–Crippen LogP) is 13.2. The average molecular weight is 895 g/mol. The number of ketones is 2. The molecule has 2 aromatic heterocycles. The summed E-state index contributed by atoms with van der Waals surface area (Å²) in [7, 11) is 1.58. The van der Waals surface area contributed by atoms with Gasteiger partial charge in [0.1, 0.15) is 34.6 Å². The van der Waals surface area contributed by atoms with E-state index in [-0.39, 0.29) is 23.0 Å². The van der Waals surface area contributed by atoms with Crippen molar-refractivity contribution < 1.29 is 37.1 Å². The number of carbonyl (C=O) groups is 4. The molecule has 9 nitrogen and oxygen atoms in total. The Balaban J connectivity index is 0.000000164. The van der Waals surface area contributed by atoms with Gasteiger partial charge in [-0.2, -0.15) is 0 Å². The van der Waals surface area contributed by atoms with Gasteiger partial charge in [0.05, 0.1) is 16.9 Å². The topological polar surface area (TPSA) is 128 Å². The number of halogens is 1. The Hall–Kier alpha value is -7.93. The van der Waals surface area contributed by atoms with Crippen LogP contribution in [0.25, 0.3) is 34.8 Å². The maximum Gasteiger partial charge on any atom is 0.255 e. The van der Waals surface area contributed by atoms with E-state index in [1.54, 1.807) is 92.1 Å². The van der Waals surface area contributed by atoms with Crippen LogP contribution in [0.4, 0.5) is 15.8 Å². The van der Waals surface area contributed by atoms with Crippen LogP contribution in [0.5, 0.6) is 5.75 Å². The molecule has 0 spiro atoms. The maximum absolute atomic E-state index is 14.3. The lowest BCUT2D eigenvalue weighted by molar-refractivity contribution is 0.101. The monoisotopic (exact) mass is 894 g/mol. The predicted molar refractivity (Wildman–Crippen MR) is 253 cm³/mol. The fourth-order valence-electron chi connectivity index (χ4n) is 7.01. The number of hydrogen-bond acceptors (Lipinski definition) is 9. The molecule has 0 atom stereocenters. The highest BCUT2D eigenvalue weighted by Gasteiger charge is 2.27. The molecule has 4 heterocycles. The van der Waals surface area contributed by atoms with Gasteiger partial charge in [-0.1, -0.05) is 84.2 Å². The van der Waals surface area contributed by atoms with E-state index in [1.807, 2.05) is 84.9 Å². The highest BCUT2D eigenvalue weighted by molar-refractivity contribution is 8.05. The number of amides is 2. The third kappa shape index (κ3) is 9.69. The Morgan fingerprint density at radius 2 is 1.08 bits per heavy atom. The summed E-state index contributed by atoms with van der Waals surface area (Å²) >= 11 is 2.84. The first-order valence-electron chi connectivity index (χ1n) is 20.2. The highest BCUT2D eigenvalue weighted by Crippen LogP contribution is 2.42. The quantitative estimate of drug-likeness (QED) is 0.136. The zero-order valence-electron chi connectivity index (χ0n) is 34.4. The number of ether oxygens (including phenoxy) is 1. The first-order valence-corrected chi connectivity index (χ1v) is 21.8. The van der Waals surface area contributed by atoms with E-state index in [4.69, 9.17) is 13.6 Å². The van der Waals surface area contributed by atoms with Crippen molar-refractivity contribution in [2.75, 3.05) is 17.7 Å². The van der Waals surface area contributed by atoms with Crippen LogP contribution in [-0.2, 0) is 0 Å². The summed E-state index contributed by atoms with van der Waals surface area (Å²) < 4.78 is 31.3. The Morgan fingerprint density at radius 1 is 0.538 bits per heavy atom. The molecular formula is C53H35FN2O7S2. The SMILES string of the molecule is COc1cccc(NC(=O)c2cccc(-c3ccc(/C=C4\Sc5ccccc5C4=O)o3)c2)c1.O=C(Nc1ccccc1)c1cc(F)cc(-c2ccc(/C=C3\Sc4ccccc4C3=O)o2)c1. The molecule has 8 aromatic rings. The Kier molecular flexibility index (Phi) is 12.3. The standard InChI is InChI=1S/C27H19NO4S.C26H16FNO3S/c1-31-20-9-5-8-19(15-20)28-27(30)18-7-4-6-17(14-18)23-13-12-21(32-23)16-25-26(29)22-10-2-3-11-24(22)33-25;27-18-13-16(12-17(14-18)26(30)28-19-6-2-1-3-7-19)22-11-10-20(31-22)15-24-25(29)21-8-4-5-9-23(21)32-24/h2-16H,1H3,(H,28,30);1-15H,(H,28,30)/b25-16-;24-15-. The summed E-state index contributed by atoms with van der Waals surface area (Å²) in [5.74, 6) is 1.50. The van der Waals surface area contributed by atoms with Gasteiger partial charge in [0, 0.05) is 60.6 Å². The average Bonchev–Trinajstić information content (AvgIpc) is 4.14. The molecule has 2 aliphatic heterocycles. The van der Waals surface area contributed by atoms with E-state index < -0.39 is 11.7 Å². The minimum absolute atomic E-state index is 0.00441. The van der Waals surface area contributed by atoms with E-state index in [0.717, 1.165) is 20.9 Å². The minimum atomic E-state index is -0.547. The van der Waals surface area contributed by atoms with E-state index in [9.17, 15) is 23.6 Å². The summed E-state index contributed by atoms with van der Waals surface area (Å²) in [6.07, 6.45) is 3.44. The summed E-state index contributed by atoms with van der Waals surface area (Å²) in [4.78, 5) is 53.5. The Labute approximate surface area is 381 Å². The molecule has 0 fully saturated rings. The highest BCUT2D eigenvalue weighted by atomic mass is 32.2. The van der Waals surface area contributed by atoms with E-state index >= 15 is 0 Å². The van der Waals surface area contributed by atoms with Gasteiger partial charge in [-0.15, -0.1) is 0 Å². The summed E-state index contributed by atoms with van der Waals surface area (Å²) in [5, 5.41) is 5.62. The maximum atomic E-state index is 14.3. The molecule has 0 aliphatic carbocycles. The number of hydrogen-bond donors (Lipinski definition) is 2. The van der Waals surface area contributed by atoms with Crippen LogP contribution in [0, 0.1) is 5.82 Å². The van der Waals surface area contributed by atoms with Gasteiger partial charge in [0.25, 0.3) is 11.8 Å². The summed E-state index contributed by atoms with van der Waals surface area (Å²) in [6.45, 7) is 0. The first kappa shape index (κ1) is 42.4. The van der Waals surface area contributed by atoms with Gasteiger partial charge < -0.3 is 24.2 Å². The second-order valence-corrected chi connectivity index (χ2v) is 16.8. The van der Waals surface area contributed by atoms with Crippen LogP contribution < -0.4 is 15.4 Å². The van der Waals surface area contributed by atoms with Crippen molar-refractivity contribution in [3.63, 3.8) is 0 Å². The Morgan fingerprint density at radius 3 is 1.71 bits per heavy atom. The van der Waals surface area contributed by atoms with Crippen LogP contribution in [-0.4, -0.2) is 30.5 Å². The molecule has 2 N–H and O–H groups in total. The fourth-order valence-corrected chi connectivity index (χ4v) is 9.07. The second kappa shape index (κ2) is 18.8. The number of thioether (sulfide) groups is 2. The smallest absolute Gasteiger partial charge is 0.255 e. The lowest BCUT2D eigenvalue weighted by Crippen LogP contribution is -2.12. The van der Waals surface area contributed by atoms with Crippen molar-refractivity contribution in [2.24, 2.45) is 0 Å². The first-order chi connectivity index (χ1) is 31.7. The van der Waals surface area contributed by atoms with Crippen LogP contribution in [0.1, 0.15) is 53.0 Å². The molecule has 65 heavy (non-hydrogen) atoms. The van der Waals surface area contributed by atoms with Crippen LogP contribution in [0.15, 0.2) is 198 Å². The van der Waals surface area contributed by atoms with E-state index in [2.05, 4.69) is 10.6 Å². The number of methoxy groups -OCH3 is 1. The fraction of sp³-hybridized carbons (Fsp3) is 0.0189. The number of rotatable bonds is 9. The number of furan rings is 2. The van der Waals surface area contributed by atoms with Gasteiger partial charge >= 0.3 is 0 Å². The zero-order valence-corrected chi connectivity index (χ0v) is 36.0. The molecule has 0 bridgehead atoms. The number of benzene rings is 6. The molecule has 0 unspecified atom stereocenters. The van der Waals surface area contributed by atoms with E-state index in [1.165, 1.54) is 35.7 Å². The van der Waals surface area contributed by atoms with Crippen LogP contribution in [0.3, 0.4) is 0 Å². The van der Waals surface area contributed by atoms with Crippen molar-refractivity contribution in [3.05, 3.63) is 219 Å². The molecule has 6 aromatic carbocycles. The summed E-state index contributed by atoms with van der Waals surface area (Å²) in [6, 6.07) is 49.5. The number of allylic oxidation sites excluding steroid dienone is 2. The lowest BCUT2D eigenvalue weighted by Gasteiger charge is -2.08. The molecular weight excluding hydrogens is 860 g/mol. The number of anilines is 2. The number of carbonyl (C=O) groups excluding carboxylic acids is 4. The molecule has 2 aliphatic rings. The Bertz CT molecular complexity index is 3210. The number of Topliss-reactive ketones (excluding diaryl/α,β-unsaturated/α-hetero) is 2. The van der Waals surface area contributed by atoms with Crippen molar-refractivity contribution in [1.29, 1.82) is 0 Å². The molecule has 0 saturated carbocycles. The number of fused-ring (bicyclic) bond motifs is 2. The van der Waals surface area contributed by atoms with Gasteiger partial charge in [0.15, 0.2) is 0 Å². The minimum Gasteiger partial charge on any atom is -0.497 e. The largest absolute Gasteiger partial charge is 0.497 e. The number of nitrogens with one attached hydrogen (secondary N) is 2. The van der Waals surface area contributed by atoms with Crippen molar-refractivity contribution in [2.45, 2.75) is 9.79 Å². The molecule has 0 saturated heterocycles. The third-order valence-corrected chi connectivity index (χ3v) is 12.4. The zero-order chi connectivity index (χ0) is 44.9. The van der Waals surface area contributed by atoms with Crippen LogP contribution in [0.2, 0.25) is 0 Å². The third-order valence-electron chi connectivity index (χ3n) is 10.2. The van der Waals surface area contributed by atoms with Crippen LogP contribution >= 0.6 is 23.5 Å². The van der Waals surface area contributed by atoms with Crippen molar-refractivity contribution in [1.82, 2.24) is 0 Å². The lowest BCUT2D eigenvalue weighted by atomic mass is 10.1. The van der Waals surface area contributed by atoms with Gasteiger partial charge in [-0.3, -0.25) is 19.2 Å². The normalized spacial score (nSPS) is 13.8. The molecule has 0 radical (unpaired) electrons. The van der Waals surface area contributed by atoms with Gasteiger partial charge in [-0.05, 0) is 115 Å². The second-order valence-electron chi connectivity index (χ2n) is 14.6. The van der Waals surface area contributed by atoms with Crippen molar-refractivity contribution >= 4 is 70.4 Å². The molecule has 12 heteroatoms. The van der Waals surface area contributed by atoms with Gasteiger partial charge in [0.2, 0.25) is 11.6 Å². The molecule has 318 valence electrons. The number of para-hydroxylation sites is 1. The molecule has 10 rings (SSSR count).